The molecule has 116 valence electrons. The highest BCUT2D eigenvalue weighted by atomic mass is 16.7. The van der Waals surface area contributed by atoms with Gasteiger partial charge < -0.3 is 14.6 Å². The lowest BCUT2D eigenvalue weighted by molar-refractivity contribution is -0.243. The van der Waals surface area contributed by atoms with E-state index in [4.69, 9.17) is 9.47 Å². The van der Waals surface area contributed by atoms with Crippen molar-refractivity contribution in [3.63, 3.8) is 0 Å². The molecule has 1 fully saturated rings. The average Bonchev–Trinajstić information content (AvgIpc) is 2.53. The quantitative estimate of drug-likeness (QED) is 0.609. The first-order valence-electron chi connectivity index (χ1n) is 7.98. The van der Waals surface area contributed by atoms with E-state index in [1.54, 1.807) is 0 Å². The normalized spacial score (nSPS) is 26.3. The van der Waals surface area contributed by atoms with Crippen molar-refractivity contribution >= 4 is 0 Å². The van der Waals surface area contributed by atoms with Crippen molar-refractivity contribution in [1.29, 1.82) is 0 Å². The van der Waals surface area contributed by atoms with Crippen LogP contribution in [0, 0.1) is 0 Å². The van der Waals surface area contributed by atoms with E-state index in [9.17, 15) is 5.11 Å². The lowest BCUT2D eigenvalue weighted by Gasteiger charge is -2.32. The molecule has 1 aliphatic heterocycles. The van der Waals surface area contributed by atoms with E-state index in [1.807, 2.05) is 36.4 Å². The maximum absolute atomic E-state index is 9.97. The van der Waals surface area contributed by atoms with Crippen molar-refractivity contribution in [2.24, 2.45) is 0 Å². The van der Waals surface area contributed by atoms with Gasteiger partial charge in [-0.15, -0.1) is 0 Å². The number of hydrogen-bond donors (Lipinski definition) is 1. The third-order valence-electron chi connectivity index (χ3n) is 3.70. The maximum Gasteiger partial charge on any atom is 0.184 e. The van der Waals surface area contributed by atoms with Gasteiger partial charge in [-0.2, -0.15) is 0 Å². The van der Waals surface area contributed by atoms with Crippen LogP contribution in [0.3, 0.4) is 0 Å². The van der Waals surface area contributed by atoms with Gasteiger partial charge in [0.05, 0.1) is 6.61 Å². The van der Waals surface area contributed by atoms with E-state index in [0.717, 1.165) is 12.0 Å². The van der Waals surface area contributed by atoms with Gasteiger partial charge in [0.15, 0.2) is 6.29 Å². The molecule has 21 heavy (non-hydrogen) atoms. The van der Waals surface area contributed by atoms with E-state index in [0.29, 0.717) is 6.61 Å². The smallest absolute Gasteiger partial charge is 0.184 e. The second kappa shape index (κ2) is 8.98. The zero-order valence-electron chi connectivity index (χ0n) is 12.8. The van der Waals surface area contributed by atoms with Gasteiger partial charge >= 0.3 is 0 Å². The van der Waals surface area contributed by atoms with Crippen LogP contribution in [-0.4, -0.2) is 23.9 Å². The monoisotopic (exact) mass is 290 g/mol. The van der Waals surface area contributed by atoms with Crippen molar-refractivity contribution in [3.05, 3.63) is 48.0 Å². The number of aliphatic hydroxyl groups is 1. The van der Waals surface area contributed by atoms with Crippen LogP contribution in [0.15, 0.2) is 42.5 Å². The molecule has 3 nitrogen and oxygen atoms in total. The fourth-order valence-corrected chi connectivity index (χ4v) is 2.43. The van der Waals surface area contributed by atoms with Crippen LogP contribution in [-0.2, 0) is 9.47 Å². The summed E-state index contributed by atoms with van der Waals surface area (Å²) in [5, 5.41) is 9.97. The van der Waals surface area contributed by atoms with E-state index >= 15 is 0 Å². The molecule has 1 heterocycles. The van der Waals surface area contributed by atoms with Crippen LogP contribution in [0.25, 0.3) is 0 Å². The lowest BCUT2D eigenvalue weighted by Crippen LogP contribution is -2.39. The number of aliphatic hydroxyl groups excluding tert-OH is 1. The van der Waals surface area contributed by atoms with Gasteiger partial charge in [0.2, 0.25) is 0 Å². The van der Waals surface area contributed by atoms with Gasteiger partial charge in [-0.05, 0) is 12.8 Å². The Morgan fingerprint density at radius 3 is 2.76 bits per heavy atom. The molecular formula is C18H26O3. The van der Waals surface area contributed by atoms with Gasteiger partial charge in [-0.1, -0.05) is 68.7 Å². The van der Waals surface area contributed by atoms with E-state index in [2.05, 4.69) is 13.0 Å². The topological polar surface area (TPSA) is 38.7 Å². The molecule has 0 bridgehead atoms. The fraction of sp³-hybridized carbons (Fsp3) is 0.556. The van der Waals surface area contributed by atoms with Crippen LogP contribution in [0.2, 0.25) is 0 Å². The second-order valence-electron chi connectivity index (χ2n) is 5.52. The van der Waals surface area contributed by atoms with Crippen LogP contribution < -0.4 is 0 Å². The average molecular weight is 290 g/mol. The molecular weight excluding hydrogens is 264 g/mol. The molecule has 0 radical (unpaired) electrons. The molecule has 0 aromatic heterocycles. The van der Waals surface area contributed by atoms with E-state index in [1.165, 1.54) is 25.7 Å². The Hall–Kier alpha value is -1.16. The molecule has 1 unspecified atom stereocenters. The molecule has 3 heteroatoms. The van der Waals surface area contributed by atoms with Crippen molar-refractivity contribution < 1.29 is 14.6 Å². The Bertz CT molecular complexity index is 416. The summed E-state index contributed by atoms with van der Waals surface area (Å²) in [6, 6.07) is 9.86. The Balaban J connectivity index is 1.82. The van der Waals surface area contributed by atoms with Crippen LogP contribution >= 0.6 is 0 Å². The highest BCUT2D eigenvalue weighted by Crippen LogP contribution is 2.27. The summed E-state index contributed by atoms with van der Waals surface area (Å²) in [4.78, 5) is 0. The van der Waals surface area contributed by atoms with Crippen molar-refractivity contribution in [1.82, 2.24) is 0 Å². The van der Waals surface area contributed by atoms with E-state index in [-0.39, 0.29) is 12.4 Å². The highest BCUT2D eigenvalue weighted by Gasteiger charge is 2.29. The number of hydrogen-bond acceptors (Lipinski definition) is 3. The molecule has 1 aliphatic rings. The predicted octanol–water partition coefficient (Wildman–Crippen LogP) is 3.99. The largest absolute Gasteiger partial charge is 0.388 e. The third kappa shape index (κ3) is 5.27. The van der Waals surface area contributed by atoms with Gasteiger partial charge in [-0.25, -0.2) is 0 Å². The molecule has 1 saturated heterocycles. The molecule has 1 aromatic carbocycles. The predicted molar refractivity (Wildman–Crippen MR) is 83.9 cm³/mol. The molecule has 3 atom stereocenters. The van der Waals surface area contributed by atoms with Crippen LogP contribution in [0.4, 0.5) is 0 Å². The van der Waals surface area contributed by atoms with Gasteiger partial charge in [0.1, 0.15) is 12.2 Å². The molecule has 1 aromatic rings. The first-order valence-corrected chi connectivity index (χ1v) is 7.98. The molecule has 0 spiro atoms. The van der Waals surface area contributed by atoms with E-state index < -0.39 is 6.10 Å². The molecule has 1 N–H and O–H groups in total. The minimum absolute atomic E-state index is 0.282. The Labute approximate surface area is 127 Å². The standard InChI is InChI=1S/C18H26O3/c1-2-3-4-5-6-10-13-17-16(19)14-20-18(21-17)15-11-8-7-9-12-15/h7-13,16-19H,2-6,14H2,1H3/b13-10+/t16-,17+,18?/m0/s1. The summed E-state index contributed by atoms with van der Waals surface area (Å²) in [7, 11) is 0. The summed E-state index contributed by atoms with van der Waals surface area (Å²) in [5.41, 5.74) is 0.991. The number of allylic oxidation sites excluding steroid dienone is 1. The summed E-state index contributed by atoms with van der Waals surface area (Å²) >= 11 is 0. The summed E-state index contributed by atoms with van der Waals surface area (Å²) in [5.74, 6) is 0. The van der Waals surface area contributed by atoms with Gasteiger partial charge in [0, 0.05) is 5.56 Å². The number of rotatable bonds is 7. The van der Waals surface area contributed by atoms with Crippen molar-refractivity contribution in [2.45, 2.75) is 57.5 Å². The number of unbranched alkanes of at least 4 members (excludes halogenated alkanes) is 4. The Kier molecular flexibility index (Phi) is 6.93. The number of ether oxygens (including phenoxy) is 2. The summed E-state index contributed by atoms with van der Waals surface area (Å²) in [6.07, 6.45) is 8.91. The van der Waals surface area contributed by atoms with Crippen molar-refractivity contribution in [2.75, 3.05) is 6.61 Å². The highest BCUT2D eigenvalue weighted by molar-refractivity contribution is 5.16. The summed E-state index contributed by atoms with van der Waals surface area (Å²) in [6.45, 7) is 2.52. The molecule has 2 rings (SSSR count). The van der Waals surface area contributed by atoms with Gasteiger partial charge in [-0.3, -0.25) is 0 Å². The summed E-state index contributed by atoms with van der Waals surface area (Å²) < 4.78 is 11.4. The Morgan fingerprint density at radius 2 is 2.00 bits per heavy atom. The third-order valence-corrected chi connectivity index (χ3v) is 3.70. The number of benzene rings is 1. The minimum atomic E-state index is -0.586. The van der Waals surface area contributed by atoms with Crippen molar-refractivity contribution in [3.8, 4) is 0 Å². The molecule has 0 saturated carbocycles. The van der Waals surface area contributed by atoms with Gasteiger partial charge in [0.25, 0.3) is 0 Å². The lowest BCUT2D eigenvalue weighted by atomic mass is 10.1. The van der Waals surface area contributed by atoms with Crippen LogP contribution in [0.1, 0.15) is 50.9 Å². The zero-order chi connectivity index (χ0) is 14.9. The van der Waals surface area contributed by atoms with Crippen LogP contribution in [0.5, 0.6) is 0 Å². The maximum atomic E-state index is 9.97. The SMILES string of the molecule is CCCCCC/C=C/[C@H]1OC(c2ccccc2)OC[C@@H]1O. The first-order chi connectivity index (χ1) is 10.3. The minimum Gasteiger partial charge on any atom is -0.388 e. The zero-order valence-corrected chi connectivity index (χ0v) is 12.8. The molecule has 0 aliphatic carbocycles. The second-order valence-corrected chi connectivity index (χ2v) is 5.52. The first kappa shape index (κ1) is 16.2. The molecule has 0 amide bonds. The Morgan fingerprint density at radius 1 is 1.19 bits per heavy atom. The fourth-order valence-electron chi connectivity index (χ4n) is 2.43.